The largest absolute Gasteiger partial charge is 0.389 e. The predicted octanol–water partition coefficient (Wildman–Crippen LogP) is 2.75. The number of aryl methyl sites for hydroxylation is 1. The van der Waals surface area contributed by atoms with E-state index in [4.69, 9.17) is 4.74 Å². The Balaban J connectivity index is 1.67. The third-order valence-corrected chi connectivity index (χ3v) is 6.21. The topological polar surface area (TPSA) is 61.8 Å². The molecule has 5 nitrogen and oxygen atoms in total. The Labute approximate surface area is 167 Å². The average Bonchev–Trinajstić information content (AvgIpc) is 2.68. The van der Waals surface area contributed by atoms with Crippen LogP contribution in [0.15, 0.2) is 12.1 Å². The monoisotopic (exact) mass is 392 g/mol. The van der Waals surface area contributed by atoms with Crippen LogP contribution in [0.5, 0.6) is 0 Å². The molecule has 1 saturated carbocycles. The highest BCUT2D eigenvalue weighted by Crippen LogP contribution is 2.32. The van der Waals surface area contributed by atoms with Crippen molar-refractivity contribution in [1.82, 2.24) is 10.2 Å². The van der Waals surface area contributed by atoms with Crippen molar-refractivity contribution in [3.05, 3.63) is 34.6 Å². The van der Waals surface area contributed by atoms with Crippen LogP contribution < -0.4 is 5.32 Å². The van der Waals surface area contributed by atoms with Crippen LogP contribution >= 0.6 is 0 Å². The molecule has 0 radical (unpaired) electrons. The Morgan fingerprint density at radius 2 is 2.11 bits per heavy atom. The molecule has 1 aromatic carbocycles. The normalized spacial score (nSPS) is 21.4. The molecule has 1 fully saturated rings. The third kappa shape index (κ3) is 4.73. The Hall–Kier alpha value is -1.50. The van der Waals surface area contributed by atoms with E-state index in [2.05, 4.69) is 5.32 Å². The number of benzene rings is 1. The van der Waals surface area contributed by atoms with Crippen LogP contribution in [0.1, 0.15) is 61.8 Å². The fraction of sp³-hybridized carbons (Fsp3) is 0.682. The molecular formula is C22H33FN2O3. The molecule has 28 heavy (non-hydrogen) atoms. The molecule has 1 unspecified atom stereocenters. The van der Waals surface area contributed by atoms with E-state index in [9.17, 15) is 14.3 Å². The van der Waals surface area contributed by atoms with Gasteiger partial charge in [-0.15, -0.1) is 0 Å². The number of nitrogens with zero attached hydrogens (tertiary/aromatic N) is 1. The van der Waals surface area contributed by atoms with Gasteiger partial charge in [0.25, 0.3) is 0 Å². The van der Waals surface area contributed by atoms with Gasteiger partial charge in [0.2, 0.25) is 5.91 Å². The van der Waals surface area contributed by atoms with Crippen LogP contribution in [0.2, 0.25) is 0 Å². The highest BCUT2D eigenvalue weighted by Gasteiger charge is 2.33. The molecule has 156 valence electrons. The Morgan fingerprint density at radius 3 is 2.79 bits per heavy atom. The summed E-state index contributed by atoms with van der Waals surface area (Å²) in [7, 11) is 1.62. The number of carbonyl (C=O) groups is 1. The number of rotatable bonds is 7. The average molecular weight is 393 g/mol. The lowest BCUT2D eigenvalue weighted by Gasteiger charge is -2.38. The van der Waals surface area contributed by atoms with E-state index >= 15 is 0 Å². The van der Waals surface area contributed by atoms with Gasteiger partial charge in [0, 0.05) is 20.2 Å². The maximum Gasteiger partial charge on any atom is 0.237 e. The van der Waals surface area contributed by atoms with Crippen molar-refractivity contribution in [2.75, 3.05) is 33.4 Å². The van der Waals surface area contributed by atoms with Crippen molar-refractivity contribution in [3.8, 4) is 0 Å². The highest BCUT2D eigenvalue weighted by molar-refractivity contribution is 5.79. The van der Waals surface area contributed by atoms with Gasteiger partial charge in [-0.05, 0) is 48.4 Å². The molecule has 0 aromatic heterocycles. The summed E-state index contributed by atoms with van der Waals surface area (Å²) in [6.45, 7) is 3.51. The van der Waals surface area contributed by atoms with E-state index in [0.29, 0.717) is 38.1 Å². The molecule has 1 atom stereocenters. The molecule has 3 rings (SSSR count). The second kappa shape index (κ2) is 9.33. The lowest BCUT2D eigenvalue weighted by molar-refractivity contribution is -0.134. The van der Waals surface area contributed by atoms with Crippen molar-refractivity contribution < 1.29 is 19.0 Å². The number of fused-ring (bicyclic) bond motifs is 1. The maximum atomic E-state index is 14.2. The number of carbonyl (C=O) groups excluding carboxylic acids is 1. The molecule has 2 aliphatic rings. The lowest BCUT2D eigenvalue weighted by Crippen LogP contribution is -2.49. The van der Waals surface area contributed by atoms with Crippen LogP contribution in [0.4, 0.5) is 4.39 Å². The molecule has 0 bridgehead atoms. The fourth-order valence-electron chi connectivity index (χ4n) is 4.57. The van der Waals surface area contributed by atoms with Crippen LogP contribution in [0, 0.1) is 5.82 Å². The van der Waals surface area contributed by atoms with E-state index in [0.717, 1.165) is 36.8 Å². The molecule has 1 aromatic rings. The van der Waals surface area contributed by atoms with Gasteiger partial charge in [-0.3, -0.25) is 4.79 Å². The summed E-state index contributed by atoms with van der Waals surface area (Å²) in [6.07, 6.45) is 6.11. The summed E-state index contributed by atoms with van der Waals surface area (Å²) in [6, 6.07) is 3.31. The van der Waals surface area contributed by atoms with Crippen LogP contribution in [-0.4, -0.2) is 54.9 Å². The smallest absolute Gasteiger partial charge is 0.237 e. The summed E-state index contributed by atoms with van der Waals surface area (Å²) >= 11 is 0. The second-order valence-corrected chi connectivity index (χ2v) is 8.19. The van der Waals surface area contributed by atoms with Crippen molar-refractivity contribution >= 4 is 5.91 Å². The summed E-state index contributed by atoms with van der Waals surface area (Å²) in [4.78, 5) is 14.7. The molecular weight excluding hydrogens is 359 g/mol. The predicted molar refractivity (Wildman–Crippen MR) is 107 cm³/mol. The maximum absolute atomic E-state index is 14.2. The first-order chi connectivity index (χ1) is 13.5. The van der Waals surface area contributed by atoms with Crippen molar-refractivity contribution in [2.24, 2.45) is 0 Å². The van der Waals surface area contributed by atoms with Crippen molar-refractivity contribution in [3.63, 3.8) is 0 Å². The zero-order valence-corrected chi connectivity index (χ0v) is 17.1. The van der Waals surface area contributed by atoms with Crippen molar-refractivity contribution in [1.29, 1.82) is 0 Å². The van der Waals surface area contributed by atoms with E-state index in [1.54, 1.807) is 13.2 Å². The highest BCUT2D eigenvalue weighted by atomic mass is 19.1. The molecule has 1 aliphatic heterocycles. The molecule has 1 heterocycles. The molecule has 6 heteroatoms. The molecule has 1 amide bonds. The Morgan fingerprint density at radius 1 is 1.36 bits per heavy atom. The zero-order valence-electron chi connectivity index (χ0n) is 17.1. The first-order valence-corrected chi connectivity index (χ1v) is 10.5. The van der Waals surface area contributed by atoms with Gasteiger partial charge < -0.3 is 20.1 Å². The number of methoxy groups -OCH3 is 1. The summed E-state index contributed by atoms with van der Waals surface area (Å²) in [5, 5.41) is 13.8. The lowest BCUT2D eigenvalue weighted by atomic mass is 9.85. The minimum atomic E-state index is -0.688. The second-order valence-electron chi connectivity index (χ2n) is 8.19. The summed E-state index contributed by atoms with van der Waals surface area (Å²) in [5.41, 5.74) is 1.94. The van der Waals surface area contributed by atoms with Gasteiger partial charge in [-0.1, -0.05) is 32.3 Å². The first kappa shape index (κ1) is 21.2. The number of hydrogen-bond acceptors (Lipinski definition) is 4. The van der Waals surface area contributed by atoms with Gasteiger partial charge in [0.05, 0.1) is 24.8 Å². The number of aliphatic hydroxyl groups is 1. The van der Waals surface area contributed by atoms with Gasteiger partial charge in [0.15, 0.2) is 0 Å². The van der Waals surface area contributed by atoms with Gasteiger partial charge in [0.1, 0.15) is 5.82 Å². The van der Waals surface area contributed by atoms with E-state index in [-0.39, 0.29) is 24.3 Å². The van der Waals surface area contributed by atoms with Crippen molar-refractivity contribution in [2.45, 2.75) is 63.5 Å². The summed E-state index contributed by atoms with van der Waals surface area (Å²) < 4.78 is 19.6. The van der Waals surface area contributed by atoms with E-state index < -0.39 is 5.60 Å². The fourth-order valence-corrected chi connectivity index (χ4v) is 4.57. The van der Waals surface area contributed by atoms with Gasteiger partial charge in [-0.25, -0.2) is 4.39 Å². The minimum absolute atomic E-state index is 0.00511. The number of amides is 1. The number of hydrogen-bond donors (Lipinski definition) is 2. The Bertz CT molecular complexity index is 689. The molecule has 0 saturated heterocycles. The van der Waals surface area contributed by atoms with E-state index in [1.807, 2.05) is 17.9 Å². The molecule has 2 N–H and O–H groups in total. The van der Waals surface area contributed by atoms with Gasteiger partial charge >= 0.3 is 0 Å². The number of halogens is 1. The third-order valence-electron chi connectivity index (χ3n) is 6.21. The minimum Gasteiger partial charge on any atom is -0.389 e. The summed E-state index contributed by atoms with van der Waals surface area (Å²) in [5.74, 6) is -0.172. The van der Waals surface area contributed by atoms with Crippen LogP contribution in [0.3, 0.4) is 0 Å². The first-order valence-electron chi connectivity index (χ1n) is 10.5. The van der Waals surface area contributed by atoms with E-state index in [1.165, 1.54) is 6.42 Å². The SMILES string of the molecule is CCc1cc2c(cc1F)CCN(C(=O)CNCC1(O)CCCCC1)C2COC. The van der Waals surface area contributed by atoms with Crippen LogP contribution in [0.25, 0.3) is 0 Å². The van der Waals surface area contributed by atoms with Gasteiger partial charge in [-0.2, -0.15) is 0 Å². The standard InChI is InChI=1S/C22H33FN2O3/c1-3-16-11-18-17(12-19(16)23)7-10-25(20(18)14-28-2)21(26)13-24-15-22(27)8-5-4-6-9-22/h11-12,20,24,27H,3-10,13-15H2,1-2H3. The zero-order chi connectivity index (χ0) is 20.1. The Kier molecular flexibility index (Phi) is 7.07. The number of ether oxygens (including phenoxy) is 1. The quantitative estimate of drug-likeness (QED) is 0.749. The molecule has 1 aliphatic carbocycles. The number of nitrogens with one attached hydrogen (secondary N) is 1. The van der Waals surface area contributed by atoms with Crippen LogP contribution in [-0.2, 0) is 22.4 Å². The molecule has 0 spiro atoms.